The van der Waals surface area contributed by atoms with E-state index in [0.29, 0.717) is 0 Å². The van der Waals surface area contributed by atoms with Crippen molar-refractivity contribution in [3.63, 3.8) is 0 Å². The van der Waals surface area contributed by atoms with Crippen LogP contribution >= 0.6 is 0 Å². The van der Waals surface area contributed by atoms with Crippen LogP contribution in [0.1, 0.15) is 24.8 Å². The Bertz CT molecular complexity index is 511. The molecule has 1 aromatic carbocycles. The lowest BCUT2D eigenvalue weighted by Gasteiger charge is -2.26. The molecule has 2 aromatic rings. The lowest BCUT2D eigenvalue weighted by atomic mass is 10.1. The highest BCUT2D eigenvalue weighted by atomic mass is 15.1. The van der Waals surface area contributed by atoms with Gasteiger partial charge in [0.05, 0.1) is 17.5 Å². The van der Waals surface area contributed by atoms with Gasteiger partial charge in [-0.15, -0.1) is 0 Å². The second-order valence-electron chi connectivity index (χ2n) is 4.82. The summed E-state index contributed by atoms with van der Waals surface area (Å²) < 4.78 is 0. The Kier molecular flexibility index (Phi) is 2.73. The highest BCUT2D eigenvalue weighted by molar-refractivity contribution is 5.87. The standard InChI is InChI=1S/C13H18N4/c14-11-6-10(7-12-13(11)16-9-15-12)8-17-4-2-1-3-5-17/h6-7,9H,1-5,8,14H2,(H,15,16). The third-order valence-electron chi connectivity index (χ3n) is 3.47. The normalized spacial score (nSPS) is 17.6. The number of nitrogens with two attached hydrogens (primary N) is 1. The summed E-state index contributed by atoms with van der Waals surface area (Å²) in [6.45, 7) is 3.42. The van der Waals surface area contributed by atoms with Crippen molar-refractivity contribution < 1.29 is 0 Å². The molecule has 90 valence electrons. The summed E-state index contributed by atoms with van der Waals surface area (Å²) in [6.07, 6.45) is 5.72. The first-order chi connectivity index (χ1) is 8.33. The molecule has 0 spiro atoms. The molecule has 0 radical (unpaired) electrons. The molecule has 1 fully saturated rings. The van der Waals surface area contributed by atoms with Crippen LogP contribution in [-0.2, 0) is 6.54 Å². The van der Waals surface area contributed by atoms with Crippen molar-refractivity contribution in [3.8, 4) is 0 Å². The lowest BCUT2D eigenvalue weighted by molar-refractivity contribution is 0.221. The third kappa shape index (κ3) is 2.13. The number of piperidine rings is 1. The van der Waals surface area contributed by atoms with Crippen LogP contribution in [0.15, 0.2) is 18.5 Å². The van der Waals surface area contributed by atoms with Gasteiger partial charge in [-0.3, -0.25) is 4.90 Å². The molecular formula is C13H18N4. The van der Waals surface area contributed by atoms with Gasteiger partial charge in [-0.25, -0.2) is 4.98 Å². The Morgan fingerprint density at radius 3 is 2.88 bits per heavy atom. The van der Waals surface area contributed by atoms with Crippen molar-refractivity contribution >= 4 is 16.7 Å². The number of aromatic amines is 1. The van der Waals surface area contributed by atoms with Crippen molar-refractivity contribution in [1.82, 2.24) is 14.9 Å². The number of hydrogen-bond donors (Lipinski definition) is 2. The van der Waals surface area contributed by atoms with Gasteiger partial charge in [0.15, 0.2) is 0 Å². The number of nitrogen functional groups attached to an aromatic ring is 1. The van der Waals surface area contributed by atoms with Crippen LogP contribution in [0.2, 0.25) is 0 Å². The Balaban J connectivity index is 1.84. The lowest BCUT2D eigenvalue weighted by Crippen LogP contribution is -2.29. The zero-order valence-corrected chi connectivity index (χ0v) is 9.95. The number of imidazole rings is 1. The van der Waals surface area contributed by atoms with E-state index < -0.39 is 0 Å². The molecule has 4 heteroatoms. The van der Waals surface area contributed by atoms with E-state index in [0.717, 1.165) is 23.3 Å². The molecule has 4 nitrogen and oxygen atoms in total. The van der Waals surface area contributed by atoms with E-state index >= 15 is 0 Å². The summed E-state index contributed by atoms with van der Waals surface area (Å²) in [5.74, 6) is 0. The molecule has 3 rings (SSSR count). The predicted octanol–water partition coefficient (Wildman–Crippen LogP) is 2.13. The molecule has 1 aliphatic rings. The number of fused-ring (bicyclic) bond motifs is 1. The monoisotopic (exact) mass is 230 g/mol. The average molecular weight is 230 g/mol. The van der Waals surface area contributed by atoms with Crippen molar-refractivity contribution in [1.29, 1.82) is 0 Å². The predicted molar refractivity (Wildman–Crippen MR) is 69.6 cm³/mol. The van der Waals surface area contributed by atoms with Crippen LogP contribution < -0.4 is 5.73 Å². The van der Waals surface area contributed by atoms with Gasteiger partial charge >= 0.3 is 0 Å². The minimum Gasteiger partial charge on any atom is -0.397 e. The first kappa shape index (κ1) is 10.6. The first-order valence-electron chi connectivity index (χ1n) is 6.27. The van der Waals surface area contributed by atoms with Gasteiger partial charge in [0.1, 0.15) is 5.52 Å². The van der Waals surface area contributed by atoms with Crippen LogP contribution in [0, 0.1) is 0 Å². The van der Waals surface area contributed by atoms with Gasteiger partial charge in [-0.1, -0.05) is 6.42 Å². The van der Waals surface area contributed by atoms with E-state index in [2.05, 4.69) is 27.0 Å². The molecule has 1 aliphatic heterocycles. The number of nitrogens with zero attached hydrogens (tertiary/aromatic N) is 2. The molecular weight excluding hydrogens is 212 g/mol. The third-order valence-corrected chi connectivity index (χ3v) is 3.47. The van der Waals surface area contributed by atoms with Crippen LogP contribution in [0.25, 0.3) is 11.0 Å². The van der Waals surface area contributed by atoms with Crippen LogP contribution in [0.5, 0.6) is 0 Å². The Hall–Kier alpha value is -1.55. The maximum Gasteiger partial charge on any atom is 0.111 e. The number of anilines is 1. The van der Waals surface area contributed by atoms with Crippen molar-refractivity contribution in [2.24, 2.45) is 0 Å². The smallest absolute Gasteiger partial charge is 0.111 e. The van der Waals surface area contributed by atoms with Crippen molar-refractivity contribution in [3.05, 3.63) is 24.0 Å². The number of rotatable bonds is 2. The zero-order chi connectivity index (χ0) is 11.7. The second-order valence-corrected chi connectivity index (χ2v) is 4.82. The van der Waals surface area contributed by atoms with Gasteiger partial charge in [0, 0.05) is 6.54 Å². The Morgan fingerprint density at radius 2 is 2.06 bits per heavy atom. The zero-order valence-electron chi connectivity index (χ0n) is 9.95. The molecule has 0 atom stereocenters. The molecule has 0 aliphatic carbocycles. The molecule has 1 saturated heterocycles. The maximum absolute atomic E-state index is 6.01. The molecule has 0 bridgehead atoms. The van der Waals surface area contributed by atoms with E-state index in [9.17, 15) is 0 Å². The van der Waals surface area contributed by atoms with Gasteiger partial charge < -0.3 is 10.7 Å². The molecule has 2 heterocycles. The number of benzene rings is 1. The van der Waals surface area contributed by atoms with Gasteiger partial charge in [0.2, 0.25) is 0 Å². The van der Waals surface area contributed by atoms with E-state index in [-0.39, 0.29) is 0 Å². The Labute approximate surface area is 101 Å². The number of aromatic nitrogens is 2. The molecule has 0 saturated carbocycles. The average Bonchev–Trinajstić information content (AvgIpc) is 2.79. The highest BCUT2D eigenvalue weighted by Crippen LogP contribution is 2.21. The minimum absolute atomic E-state index is 0.774. The minimum atomic E-state index is 0.774. The quantitative estimate of drug-likeness (QED) is 0.777. The first-order valence-corrected chi connectivity index (χ1v) is 6.27. The second kappa shape index (κ2) is 4.37. The van der Waals surface area contributed by atoms with E-state index in [4.69, 9.17) is 5.73 Å². The summed E-state index contributed by atoms with van der Waals surface area (Å²) in [5.41, 5.74) is 9.98. The summed E-state index contributed by atoms with van der Waals surface area (Å²) in [4.78, 5) is 9.84. The Morgan fingerprint density at radius 1 is 1.24 bits per heavy atom. The van der Waals surface area contributed by atoms with E-state index in [1.54, 1.807) is 6.33 Å². The number of likely N-dealkylation sites (tertiary alicyclic amines) is 1. The summed E-state index contributed by atoms with van der Waals surface area (Å²) >= 11 is 0. The molecule has 17 heavy (non-hydrogen) atoms. The van der Waals surface area contributed by atoms with Crippen LogP contribution in [0.4, 0.5) is 5.69 Å². The largest absolute Gasteiger partial charge is 0.397 e. The number of H-pyrrole nitrogens is 1. The summed E-state index contributed by atoms with van der Waals surface area (Å²) in [5, 5.41) is 0. The molecule has 0 amide bonds. The molecule has 1 aromatic heterocycles. The van der Waals surface area contributed by atoms with Crippen LogP contribution in [0.3, 0.4) is 0 Å². The van der Waals surface area contributed by atoms with Crippen molar-refractivity contribution in [2.75, 3.05) is 18.8 Å². The van der Waals surface area contributed by atoms with E-state index in [1.807, 2.05) is 0 Å². The fourth-order valence-corrected chi connectivity index (χ4v) is 2.61. The highest BCUT2D eigenvalue weighted by Gasteiger charge is 2.11. The molecule has 3 N–H and O–H groups in total. The van der Waals surface area contributed by atoms with Crippen molar-refractivity contribution in [2.45, 2.75) is 25.8 Å². The van der Waals surface area contributed by atoms with Gasteiger partial charge in [-0.05, 0) is 43.6 Å². The topological polar surface area (TPSA) is 57.9 Å². The fourth-order valence-electron chi connectivity index (χ4n) is 2.61. The fraction of sp³-hybridized carbons (Fsp3) is 0.462. The molecule has 0 unspecified atom stereocenters. The maximum atomic E-state index is 6.01. The summed E-state index contributed by atoms with van der Waals surface area (Å²) in [7, 11) is 0. The van der Waals surface area contributed by atoms with Crippen LogP contribution in [-0.4, -0.2) is 28.0 Å². The van der Waals surface area contributed by atoms with Gasteiger partial charge in [0.25, 0.3) is 0 Å². The SMILES string of the molecule is Nc1cc(CN2CCCCC2)cc2[nH]cnc12. The number of hydrogen-bond acceptors (Lipinski definition) is 3. The number of nitrogens with one attached hydrogen (secondary N) is 1. The summed E-state index contributed by atoms with van der Waals surface area (Å²) in [6, 6.07) is 4.21. The van der Waals surface area contributed by atoms with Gasteiger partial charge in [-0.2, -0.15) is 0 Å². The van der Waals surface area contributed by atoms with E-state index in [1.165, 1.54) is 37.9 Å².